The van der Waals surface area contributed by atoms with Crippen molar-refractivity contribution < 1.29 is 19.7 Å². The molecule has 0 saturated carbocycles. The second-order valence-electron chi connectivity index (χ2n) is 2.20. The molecule has 4 N–H and O–H groups in total. The molecule has 0 aliphatic carbocycles. The highest BCUT2D eigenvalue weighted by molar-refractivity contribution is 5.77. The SMILES string of the molecule is C[C@](N)(COCO)C(=O)O. The molecule has 0 fully saturated rings. The van der Waals surface area contributed by atoms with Gasteiger partial charge in [0.15, 0.2) is 0 Å². The number of hydrogen-bond acceptors (Lipinski definition) is 4. The van der Waals surface area contributed by atoms with Crippen LogP contribution in [0, 0.1) is 0 Å². The van der Waals surface area contributed by atoms with Crippen molar-refractivity contribution in [1.82, 2.24) is 0 Å². The van der Waals surface area contributed by atoms with Crippen molar-refractivity contribution in [3.05, 3.63) is 0 Å². The molecule has 0 aromatic carbocycles. The Kier molecular flexibility index (Phi) is 3.27. The summed E-state index contributed by atoms with van der Waals surface area (Å²) in [5, 5.41) is 16.5. The van der Waals surface area contributed by atoms with E-state index in [1.165, 1.54) is 6.92 Å². The molecule has 0 aliphatic heterocycles. The number of hydrogen-bond donors (Lipinski definition) is 3. The highest BCUT2D eigenvalue weighted by atomic mass is 16.6. The van der Waals surface area contributed by atoms with E-state index in [2.05, 4.69) is 4.74 Å². The summed E-state index contributed by atoms with van der Waals surface area (Å²) in [4.78, 5) is 10.2. The van der Waals surface area contributed by atoms with Crippen LogP contribution in [0.4, 0.5) is 0 Å². The third kappa shape index (κ3) is 2.77. The molecule has 5 nitrogen and oxygen atoms in total. The van der Waals surface area contributed by atoms with Gasteiger partial charge in [-0.25, -0.2) is 0 Å². The Morgan fingerprint density at radius 2 is 2.30 bits per heavy atom. The minimum atomic E-state index is -1.41. The van der Waals surface area contributed by atoms with Crippen molar-refractivity contribution in [2.75, 3.05) is 13.4 Å². The largest absolute Gasteiger partial charge is 0.480 e. The molecule has 0 aromatic rings. The first-order valence-corrected chi connectivity index (χ1v) is 2.71. The maximum absolute atomic E-state index is 10.2. The van der Waals surface area contributed by atoms with Crippen LogP contribution in [-0.2, 0) is 9.53 Å². The van der Waals surface area contributed by atoms with Gasteiger partial charge in [-0.3, -0.25) is 4.79 Å². The van der Waals surface area contributed by atoms with Gasteiger partial charge >= 0.3 is 5.97 Å². The summed E-state index contributed by atoms with van der Waals surface area (Å²) in [6.45, 7) is 0.601. The van der Waals surface area contributed by atoms with Crippen LogP contribution in [-0.4, -0.2) is 35.1 Å². The molecule has 0 spiro atoms. The van der Waals surface area contributed by atoms with E-state index in [9.17, 15) is 4.79 Å². The van der Waals surface area contributed by atoms with Gasteiger partial charge in [-0.2, -0.15) is 0 Å². The van der Waals surface area contributed by atoms with Crippen molar-refractivity contribution in [2.24, 2.45) is 5.73 Å². The number of carbonyl (C=O) groups is 1. The van der Waals surface area contributed by atoms with Gasteiger partial charge in [0, 0.05) is 0 Å². The number of aliphatic carboxylic acids is 1. The molecular formula is C5H11NO4. The normalized spacial score (nSPS) is 16.3. The van der Waals surface area contributed by atoms with Crippen LogP contribution in [0.2, 0.25) is 0 Å². The Bertz CT molecular complexity index is 123. The highest BCUT2D eigenvalue weighted by Crippen LogP contribution is 1.98. The third-order valence-electron chi connectivity index (χ3n) is 0.982. The molecule has 0 saturated heterocycles. The maximum atomic E-state index is 10.2. The topological polar surface area (TPSA) is 92.8 Å². The summed E-state index contributed by atoms with van der Waals surface area (Å²) < 4.78 is 4.41. The first-order valence-electron chi connectivity index (χ1n) is 2.71. The van der Waals surface area contributed by atoms with Gasteiger partial charge in [0.25, 0.3) is 0 Å². The molecule has 0 bridgehead atoms. The molecule has 0 heterocycles. The van der Waals surface area contributed by atoms with Crippen molar-refractivity contribution in [2.45, 2.75) is 12.5 Å². The van der Waals surface area contributed by atoms with Gasteiger partial charge in [0.05, 0.1) is 6.61 Å². The molecule has 1 atom stereocenters. The summed E-state index contributed by atoms with van der Waals surface area (Å²) in [7, 11) is 0. The Balaban J connectivity index is 3.75. The van der Waals surface area contributed by atoms with Crippen LogP contribution in [0.5, 0.6) is 0 Å². The Morgan fingerprint density at radius 3 is 2.60 bits per heavy atom. The number of nitrogens with two attached hydrogens (primary N) is 1. The van der Waals surface area contributed by atoms with E-state index in [4.69, 9.17) is 15.9 Å². The first-order chi connectivity index (χ1) is 4.50. The van der Waals surface area contributed by atoms with E-state index < -0.39 is 18.3 Å². The van der Waals surface area contributed by atoms with E-state index in [1.807, 2.05) is 0 Å². The number of carboxylic acids is 1. The van der Waals surface area contributed by atoms with Crippen molar-refractivity contribution in [3.63, 3.8) is 0 Å². The molecule has 0 rings (SSSR count). The zero-order chi connectivity index (χ0) is 8.20. The van der Waals surface area contributed by atoms with Crippen LogP contribution in [0.1, 0.15) is 6.92 Å². The summed E-state index contributed by atoms with van der Waals surface area (Å²) >= 11 is 0. The smallest absolute Gasteiger partial charge is 0.325 e. The number of aliphatic hydroxyl groups is 1. The third-order valence-corrected chi connectivity index (χ3v) is 0.982. The van der Waals surface area contributed by atoms with Crippen LogP contribution in [0.25, 0.3) is 0 Å². The van der Waals surface area contributed by atoms with E-state index in [0.717, 1.165) is 0 Å². The molecule has 0 aromatic heterocycles. The Labute approximate surface area is 58.4 Å². The zero-order valence-electron chi connectivity index (χ0n) is 5.70. The highest BCUT2D eigenvalue weighted by Gasteiger charge is 2.27. The summed E-state index contributed by atoms with van der Waals surface area (Å²) in [5.41, 5.74) is 3.80. The monoisotopic (exact) mass is 149 g/mol. The average Bonchev–Trinajstić information content (AvgIpc) is 1.84. The molecule has 0 amide bonds. The van der Waals surface area contributed by atoms with Gasteiger partial charge in [0.2, 0.25) is 0 Å². The van der Waals surface area contributed by atoms with Gasteiger partial charge in [0.1, 0.15) is 12.3 Å². The lowest BCUT2D eigenvalue weighted by atomic mass is 10.1. The number of rotatable bonds is 4. The van der Waals surface area contributed by atoms with Crippen LogP contribution in [0.3, 0.4) is 0 Å². The standard InChI is InChI=1S/C5H11NO4/c1-5(6,4(8)9)2-10-3-7/h7H,2-3,6H2,1H3,(H,8,9)/t5-/m0/s1. The molecule has 0 unspecified atom stereocenters. The molecule has 0 aliphatic rings. The lowest BCUT2D eigenvalue weighted by molar-refractivity contribution is -0.146. The van der Waals surface area contributed by atoms with Gasteiger partial charge in [-0.1, -0.05) is 0 Å². The Hall–Kier alpha value is -0.650. The maximum Gasteiger partial charge on any atom is 0.325 e. The van der Waals surface area contributed by atoms with Crippen LogP contribution in [0.15, 0.2) is 0 Å². The number of ether oxygens (including phenoxy) is 1. The zero-order valence-corrected chi connectivity index (χ0v) is 5.70. The summed E-state index contributed by atoms with van der Waals surface area (Å²) in [6.07, 6.45) is 0. The van der Waals surface area contributed by atoms with Crippen LogP contribution < -0.4 is 5.73 Å². The number of carboxylic acid groups (broad SMARTS) is 1. The molecule has 60 valence electrons. The van der Waals surface area contributed by atoms with Crippen molar-refractivity contribution >= 4 is 5.97 Å². The quantitative estimate of drug-likeness (QED) is 0.434. The van der Waals surface area contributed by atoms with Gasteiger partial charge in [-0.05, 0) is 6.92 Å². The minimum Gasteiger partial charge on any atom is -0.480 e. The fourth-order valence-corrected chi connectivity index (χ4v) is 0.319. The lowest BCUT2D eigenvalue weighted by Crippen LogP contribution is -2.49. The number of aliphatic hydroxyl groups excluding tert-OH is 1. The molecule has 0 radical (unpaired) electrons. The van der Waals surface area contributed by atoms with Crippen molar-refractivity contribution in [1.29, 1.82) is 0 Å². The van der Waals surface area contributed by atoms with Crippen molar-refractivity contribution in [3.8, 4) is 0 Å². The van der Waals surface area contributed by atoms with E-state index in [-0.39, 0.29) is 6.61 Å². The van der Waals surface area contributed by atoms with Gasteiger partial charge in [-0.15, -0.1) is 0 Å². The average molecular weight is 149 g/mol. The fourth-order valence-electron chi connectivity index (χ4n) is 0.319. The van der Waals surface area contributed by atoms with E-state index in [1.54, 1.807) is 0 Å². The summed E-state index contributed by atoms with van der Waals surface area (Å²) in [6, 6.07) is 0. The van der Waals surface area contributed by atoms with Gasteiger partial charge < -0.3 is 20.7 Å². The van der Waals surface area contributed by atoms with E-state index >= 15 is 0 Å². The van der Waals surface area contributed by atoms with E-state index in [0.29, 0.717) is 0 Å². The minimum absolute atomic E-state index is 0.196. The fraction of sp³-hybridized carbons (Fsp3) is 0.800. The molecule has 5 heteroatoms. The second-order valence-corrected chi connectivity index (χ2v) is 2.20. The lowest BCUT2D eigenvalue weighted by Gasteiger charge is -2.17. The molecule has 10 heavy (non-hydrogen) atoms. The Morgan fingerprint density at radius 1 is 1.80 bits per heavy atom. The summed E-state index contributed by atoms with van der Waals surface area (Å²) in [5.74, 6) is -1.15. The van der Waals surface area contributed by atoms with Crippen LogP contribution >= 0.6 is 0 Å². The second kappa shape index (κ2) is 3.50. The predicted octanol–water partition coefficient (Wildman–Crippen LogP) is -1.25. The first kappa shape index (κ1) is 9.35. The molecular weight excluding hydrogens is 138 g/mol. The predicted molar refractivity (Wildman–Crippen MR) is 33.3 cm³/mol.